The number of nitrogens with one attached hydrogen (secondary N) is 4. The average Bonchev–Trinajstić information content (AvgIpc) is 2.97. The topological polar surface area (TPSA) is 197 Å². The Morgan fingerprint density at radius 3 is 1.75 bits per heavy atom. The minimum atomic E-state index is -1.11. The van der Waals surface area contributed by atoms with E-state index in [1.165, 1.54) is 11.9 Å². The van der Waals surface area contributed by atoms with Crippen LogP contribution in [0.25, 0.3) is 0 Å². The quantitative estimate of drug-likeness (QED) is 0.127. The highest BCUT2D eigenvalue weighted by Crippen LogP contribution is 2.32. The van der Waals surface area contributed by atoms with Crippen molar-refractivity contribution in [2.75, 3.05) is 57.6 Å². The minimum Gasteiger partial charge on any atom is -0.394 e. The lowest BCUT2D eigenvalue weighted by molar-refractivity contribution is -0.118. The Hall–Kier alpha value is -4.33. The number of aliphatic hydroxyl groups is 3. The smallest absolute Gasteiger partial charge is 0.254 e. The number of carbonyl (C=O) groups is 5. The maximum Gasteiger partial charge on any atom is 0.254 e. The standard InChI is InChI=1S/C31H43N5O8/c1-15-22(13-38)16(2)28(35-23(41)14-39)19(5)24(15)29(42)33-9-10-34-30(43)25-17(3)26(20(6)27(32-7)18(25)4)31(44)36(8)11-21(40)12-37/h13,21,32,37,39-40H,9-12,14H2,1-8H3,(H,33,42)(H,34,43)(H,35,41). The van der Waals surface area contributed by atoms with Crippen LogP contribution in [0.4, 0.5) is 11.4 Å². The number of anilines is 2. The van der Waals surface area contributed by atoms with Crippen molar-refractivity contribution in [1.82, 2.24) is 15.5 Å². The molecule has 0 aliphatic carbocycles. The highest BCUT2D eigenvalue weighted by Gasteiger charge is 2.27. The van der Waals surface area contributed by atoms with E-state index in [0.29, 0.717) is 50.9 Å². The van der Waals surface area contributed by atoms with Crippen LogP contribution < -0.4 is 21.3 Å². The van der Waals surface area contributed by atoms with Crippen molar-refractivity contribution in [3.63, 3.8) is 0 Å². The van der Waals surface area contributed by atoms with Gasteiger partial charge < -0.3 is 41.5 Å². The number of aliphatic hydroxyl groups excluding tert-OH is 3. The van der Waals surface area contributed by atoms with Crippen molar-refractivity contribution < 1.29 is 39.3 Å². The highest BCUT2D eigenvalue weighted by atomic mass is 16.3. The van der Waals surface area contributed by atoms with Crippen LogP contribution >= 0.6 is 0 Å². The molecule has 2 aromatic rings. The van der Waals surface area contributed by atoms with Crippen molar-refractivity contribution in [3.8, 4) is 0 Å². The molecule has 0 heterocycles. The van der Waals surface area contributed by atoms with Gasteiger partial charge in [-0.1, -0.05) is 0 Å². The third-order valence-electron chi connectivity index (χ3n) is 7.74. The molecule has 0 saturated heterocycles. The fourth-order valence-corrected chi connectivity index (χ4v) is 5.55. The predicted octanol–water partition coefficient (Wildman–Crippen LogP) is 0.907. The summed E-state index contributed by atoms with van der Waals surface area (Å²) in [7, 11) is 3.18. The lowest BCUT2D eigenvalue weighted by Crippen LogP contribution is -2.38. The SMILES string of the molecule is CNc1c(C)c(C(=O)NCCNC(=O)c2c(C)c(C=O)c(C)c(NC(=O)CO)c2C)c(C)c(C(=O)N(C)CC(O)CO)c1C. The van der Waals surface area contributed by atoms with Gasteiger partial charge in [0.1, 0.15) is 6.61 Å². The molecule has 44 heavy (non-hydrogen) atoms. The van der Waals surface area contributed by atoms with Crippen molar-refractivity contribution in [1.29, 1.82) is 0 Å². The second kappa shape index (κ2) is 15.4. The molecule has 0 fully saturated rings. The van der Waals surface area contributed by atoms with Crippen LogP contribution in [0.1, 0.15) is 74.8 Å². The zero-order valence-electron chi connectivity index (χ0n) is 26.5. The number of nitrogens with zero attached hydrogens (tertiary/aromatic N) is 1. The van der Waals surface area contributed by atoms with Gasteiger partial charge in [0.05, 0.1) is 12.7 Å². The molecule has 0 radical (unpaired) electrons. The fraction of sp³-hybridized carbons (Fsp3) is 0.452. The Kier molecular flexibility index (Phi) is 12.6. The molecular formula is C31H43N5O8. The molecular weight excluding hydrogens is 570 g/mol. The second-order valence-electron chi connectivity index (χ2n) is 10.6. The van der Waals surface area contributed by atoms with E-state index >= 15 is 0 Å². The molecule has 240 valence electrons. The van der Waals surface area contributed by atoms with Gasteiger partial charge in [0.2, 0.25) is 5.91 Å². The first-order valence-corrected chi connectivity index (χ1v) is 14.1. The Balaban J connectivity index is 2.30. The van der Waals surface area contributed by atoms with E-state index in [9.17, 15) is 34.2 Å². The number of carbonyl (C=O) groups excluding carboxylic acids is 5. The van der Waals surface area contributed by atoms with E-state index < -0.39 is 42.9 Å². The monoisotopic (exact) mass is 613 g/mol. The number of aldehydes is 1. The first-order valence-electron chi connectivity index (χ1n) is 14.1. The Bertz CT molecular complexity index is 1470. The molecule has 2 rings (SSSR count). The van der Waals surface area contributed by atoms with Gasteiger partial charge in [-0.3, -0.25) is 24.0 Å². The molecule has 0 aromatic heterocycles. The average molecular weight is 614 g/mol. The van der Waals surface area contributed by atoms with Gasteiger partial charge in [0.15, 0.2) is 6.29 Å². The molecule has 1 unspecified atom stereocenters. The zero-order chi connectivity index (χ0) is 33.5. The van der Waals surface area contributed by atoms with Gasteiger partial charge in [-0.05, 0) is 74.9 Å². The number of hydrogen-bond donors (Lipinski definition) is 7. The van der Waals surface area contributed by atoms with E-state index in [4.69, 9.17) is 5.11 Å². The first kappa shape index (κ1) is 35.9. The molecule has 0 bridgehead atoms. The van der Waals surface area contributed by atoms with Gasteiger partial charge in [-0.2, -0.15) is 0 Å². The van der Waals surface area contributed by atoms with Crippen LogP contribution in [0, 0.1) is 41.5 Å². The highest BCUT2D eigenvalue weighted by molar-refractivity contribution is 6.06. The van der Waals surface area contributed by atoms with Crippen molar-refractivity contribution in [2.45, 2.75) is 47.6 Å². The van der Waals surface area contributed by atoms with Crippen LogP contribution in [0.5, 0.6) is 0 Å². The van der Waals surface area contributed by atoms with Gasteiger partial charge in [0, 0.05) is 67.4 Å². The lowest BCUT2D eigenvalue weighted by atomic mass is 9.90. The van der Waals surface area contributed by atoms with E-state index in [2.05, 4.69) is 21.3 Å². The maximum atomic E-state index is 13.4. The normalized spacial score (nSPS) is 11.4. The molecule has 13 heteroatoms. The summed E-state index contributed by atoms with van der Waals surface area (Å²) in [4.78, 5) is 64.9. The molecule has 4 amide bonds. The third kappa shape index (κ3) is 7.41. The third-order valence-corrected chi connectivity index (χ3v) is 7.74. The summed E-state index contributed by atoms with van der Waals surface area (Å²) in [6, 6.07) is 0. The van der Waals surface area contributed by atoms with E-state index in [1.807, 2.05) is 0 Å². The van der Waals surface area contributed by atoms with Gasteiger partial charge in [-0.15, -0.1) is 0 Å². The van der Waals surface area contributed by atoms with Crippen molar-refractivity contribution >= 4 is 41.3 Å². The van der Waals surface area contributed by atoms with Gasteiger partial charge in [0.25, 0.3) is 17.7 Å². The molecule has 0 aliphatic heterocycles. The Morgan fingerprint density at radius 1 is 0.773 bits per heavy atom. The summed E-state index contributed by atoms with van der Waals surface area (Å²) in [5, 5.41) is 39.3. The van der Waals surface area contributed by atoms with Crippen LogP contribution in [-0.2, 0) is 4.79 Å². The Morgan fingerprint density at radius 2 is 1.27 bits per heavy atom. The molecule has 2 aromatic carbocycles. The fourth-order valence-electron chi connectivity index (χ4n) is 5.55. The summed E-state index contributed by atoms with van der Waals surface area (Å²) in [6.45, 7) is 8.79. The molecule has 1 atom stereocenters. The molecule has 0 saturated carbocycles. The van der Waals surface area contributed by atoms with Crippen LogP contribution in [0.3, 0.4) is 0 Å². The van der Waals surface area contributed by atoms with E-state index in [0.717, 1.165) is 0 Å². The lowest BCUT2D eigenvalue weighted by Gasteiger charge is -2.25. The Labute approximate surface area is 257 Å². The molecule has 13 nitrogen and oxygen atoms in total. The zero-order valence-corrected chi connectivity index (χ0v) is 26.5. The van der Waals surface area contributed by atoms with Gasteiger partial charge >= 0.3 is 0 Å². The number of likely N-dealkylation sites (N-methyl/N-ethyl adjacent to an activating group) is 1. The molecule has 0 aliphatic rings. The first-order chi connectivity index (χ1) is 20.7. The van der Waals surface area contributed by atoms with Crippen LogP contribution in [0.2, 0.25) is 0 Å². The second-order valence-corrected chi connectivity index (χ2v) is 10.6. The van der Waals surface area contributed by atoms with E-state index in [1.54, 1.807) is 48.6 Å². The summed E-state index contributed by atoms with van der Waals surface area (Å²) in [5.41, 5.74) is 4.93. The maximum absolute atomic E-state index is 13.4. The van der Waals surface area contributed by atoms with Crippen LogP contribution in [0.15, 0.2) is 0 Å². The van der Waals surface area contributed by atoms with Crippen LogP contribution in [-0.4, -0.2) is 103 Å². The van der Waals surface area contributed by atoms with Crippen molar-refractivity contribution in [2.24, 2.45) is 0 Å². The number of amides is 4. The molecule has 7 N–H and O–H groups in total. The van der Waals surface area contributed by atoms with Gasteiger partial charge in [-0.25, -0.2) is 0 Å². The summed E-state index contributed by atoms with van der Waals surface area (Å²) in [5.74, 6) is -2.08. The minimum absolute atomic E-state index is 0.0303. The number of hydrogen-bond acceptors (Lipinski definition) is 9. The van der Waals surface area contributed by atoms with E-state index in [-0.39, 0.29) is 42.0 Å². The number of benzene rings is 2. The van der Waals surface area contributed by atoms with Crippen molar-refractivity contribution in [3.05, 3.63) is 55.6 Å². The summed E-state index contributed by atoms with van der Waals surface area (Å²) < 4.78 is 0. The largest absolute Gasteiger partial charge is 0.394 e. The number of rotatable bonds is 13. The summed E-state index contributed by atoms with van der Waals surface area (Å²) >= 11 is 0. The molecule has 0 spiro atoms. The predicted molar refractivity (Wildman–Crippen MR) is 167 cm³/mol. The summed E-state index contributed by atoms with van der Waals surface area (Å²) in [6.07, 6.45) is -0.507.